The molecule has 2 N–H and O–H groups in total. The Bertz CT molecular complexity index is 462. The van der Waals surface area contributed by atoms with Gasteiger partial charge >= 0.3 is 0 Å². The average molecular weight is 251 g/mol. The topological polar surface area (TPSA) is 51.8 Å². The monoisotopic (exact) mass is 251 g/mol. The van der Waals surface area contributed by atoms with Gasteiger partial charge < -0.3 is 0 Å². The molecule has 16 heavy (non-hydrogen) atoms. The molecule has 0 aliphatic carbocycles. The minimum Gasteiger partial charge on any atom is -0.272 e. The maximum Gasteiger partial charge on any atom is 0.185 e. The molecule has 2 rings (SSSR count). The molecule has 0 saturated carbocycles. The Morgan fingerprint density at radius 3 is 2.44 bits per heavy atom. The molecule has 0 saturated heterocycles. The Hall–Kier alpha value is -0.910. The molecule has 0 radical (unpaired) electrons. The number of benzene rings is 1. The van der Waals surface area contributed by atoms with Crippen LogP contribution >= 0.6 is 23.5 Å². The van der Waals surface area contributed by atoms with Crippen molar-refractivity contribution in [1.29, 1.82) is 0 Å². The fourth-order valence-electron chi connectivity index (χ4n) is 1.39. The SMILES string of the molecule is CC(C)c1ccc(-c2nsc(SN)n2)cc1. The molecule has 3 nitrogen and oxygen atoms in total. The van der Waals surface area contributed by atoms with E-state index in [0.717, 1.165) is 27.7 Å². The van der Waals surface area contributed by atoms with Crippen LogP contribution in [0.2, 0.25) is 0 Å². The van der Waals surface area contributed by atoms with Crippen LogP contribution < -0.4 is 5.14 Å². The fourth-order valence-corrected chi connectivity index (χ4v) is 2.25. The molecule has 0 bridgehead atoms. The van der Waals surface area contributed by atoms with E-state index >= 15 is 0 Å². The minimum absolute atomic E-state index is 0.549. The van der Waals surface area contributed by atoms with Gasteiger partial charge in [-0.25, -0.2) is 4.98 Å². The standard InChI is InChI=1S/C11H13N3S2/c1-7(2)8-3-5-9(6-4-8)10-13-11(15-12)16-14-10/h3-7H,12H2,1-2H3. The molecule has 0 atom stereocenters. The summed E-state index contributed by atoms with van der Waals surface area (Å²) in [7, 11) is 0. The van der Waals surface area contributed by atoms with Crippen LogP contribution in [0.3, 0.4) is 0 Å². The van der Waals surface area contributed by atoms with Crippen molar-refractivity contribution in [2.45, 2.75) is 24.1 Å². The van der Waals surface area contributed by atoms with E-state index in [2.05, 4.69) is 47.5 Å². The van der Waals surface area contributed by atoms with E-state index < -0.39 is 0 Å². The number of nitrogens with zero attached hydrogens (tertiary/aromatic N) is 2. The molecule has 1 heterocycles. The predicted molar refractivity (Wildman–Crippen MR) is 69.5 cm³/mol. The van der Waals surface area contributed by atoms with Gasteiger partial charge in [0.25, 0.3) is 0 Å². The summed E-state index contributed by atoms with van der Waals surface area (Å²) in [5.74, 6) is 1.31. The van der Waals surface area contributed by atoms with Gasteiger partial charge in [0.2, 0.25) is 0 Å². The summed E-state index contributed by atoms with van der Waals surface area (Å²) in [4.78, 5) is 4.32. The third kappa shape index (κ3) is 2.42. The van der Waals surface area contributed by atoms with E-state index in [0.29, 0.717) is 5.92 Å². The van der Waals surface area contributed by atoms with Gasteiger partial charge in [-0.15, -0.1) is 0 Å². The van der Waals surface area contributed by atoms with Crippen LogP contribution in [0, 0.1) is 0 Å². The molecule has 1 aromatic heterocycles. The van der Waals surface area contributed by atoms with Crippen LogP contribution in [0.5, 0.6) is 0 Å². The Kier molecular flexibility index (Phi) is 3.58. The van der Waals surface area contributed by atoms with Gasteiger partial charge in [-0.05, 0) is 35.0 Å². The zero-order chi connectivity index (χ0) is 11.5. The first-order chi connectivity index (χ1) is 7.70. The molecule has 5 heteroatoms. The van der Waals surface area contributed by atoms with Gasteiger partial charge in [0.05, 0.1) is 0 Å². The molecule has 0 unspecified atom stereocenters. The van der Waals surface area contributed by atoms with E-state index in [9.17, 15) is 0 Å². The summed E-state index contributed by atoms with van der Waals surface area (Å²) in [6.45, 7) is 4.36. The average Bonchev–Trinajstić information content (AvgIpc) is 2.77. The molecule has 0 aliphatic rings. The highest BCUT2D eigenvalue weighted by Crippen LogP contribution is 2.24. The lowest BCUT2D eigenvalue weighted by Crippen LogP contribution is -1.87. The first-order valence-electron chi connectivity index (χ1n) is 5.01. The van der Waals surface area contributed by atoms with Crippen molar-refractivity contribution in [3.8, 4) is 11.4 Å². The lowest BCUT2D eigenvalue weighted by molar-refractivity contribution is 0.867. The highest BCUT2D eigenvalue weighted by atomic mass is 32.2. The van der Waals surface area contributed by atoms with E-state index in [4.69, 9.17) is 5.14 Å². The molecule has 0 spiro atoms. The molecule has 0 aliphatic heterocycles. The fraction of sp³-hybridized carbons (Fsp3) is 0.273. The van der Waals surface area contributed by atoms with Gasteiger partial charge in [-0.1, -0.05) is 38.1 Å². The molecule has 0 fully saturated rings. The molecule has 84 valence electrons. The summed E-state index contributed by atoms with van der Waals surface area (Å²) in [5, 5.41) is 5.43. The summed E-state index contributed by atoms with van der Waals surface area (Å²) < 4.78 is 5.06. The van der Waals surface area contributed by atoms with Crippen molar-refractivity contribution in [3.05, 3.63) is 29.8 Å². The summed E-state index contributed by atoms with van der Waals surface area (Å²) >= 11 is 2.47. The van der Waals surface area contributed by atoms with Crippen LogP contribution in [0.1, 0.15) is 25.3 Å². The smallest absolute Gasteiger partial charge is 0.185 e. The van der Waals surface area contributed by atoms with Gasteiger partial charge in [0, 0.05) is 5.56 Å². The van der Waals surface area contributed by atoms with E-state index in [-0.39, 0.29) is 0 Å². The van der Waals surface area contributed by atoms with Gasteiger partial charge in [-0.2, -0.15) is 4.37 Å². The van der Waals surface area contributed by atoms with Crippen LogP contribution in [-0.2, 0) is 0 Å². The van der Waals surface area contributed by atoms with Crippen molar-refractivity contribution in [2.24, 2.45) is 5.14 Å². The van der Waals surface area contributed by atoms with Crippen molar-refractivity contribution >= 4 is 23.5 Å². The Morgan fingerprint density at radius 1 is 1.25 bits per heavy atom. The number of nitrogens with two attached hydrogens (primary N) is 1. The lowest BCUT2D eigenvalue weighted by atomic mass is 10.0. The summed E-state index contributed by atoms with van der Waals surface area (Å²) in [6, 6.07) is 8.36. The minimum atomic E-state index is 0.549. The Balaban J connectivity index is 2.27. The van der Waals surface area contributed by atoms with Gasteiger partial charge in [0.15, 0.2) is 10.2 Å². The first-order valence-corrected chi connectivity index (χ1v) is 6.67. The van der Waals surface area contributed by atoms with E-state index in [1.165, 1.54) is 17.1 Å². The number of hydrogen-bond donors (Lipinski definition) is 1. The zero-order valence-corrected chi connectivity index (χ0v) is 10.8. The van der Waals surface area contributed by atoms with Gasteiger partial charge in [-0.3, -0.25) is 5.14 Å². The maximum atomic E-state index is 5.43. The second-order valence-corrected chi connectivity index (χ2v) is 5.41. The number of aromatic nitrogens is 2. The first kappa shape index (κ1) is 11.6. The largest absolute Gasteiger partial charge is 0.272 e. The van der Waals surface area contributed by atoms with Crippen molar-refractivity contribution in [2.75, 3.05) is 0 Å². The number of rotatable bonds is 3. The molecule has 2 aromatic rings. The molecule has 0 amide bonds. The Morgan fingerprint density at radius 2 is 1.94 bits per heavy atom. The lowest BCUT2D eigenvalue weighted by Gasteiger charge is -2.04. The van der Waals surface area contributed by atoms with E-state index in [1.54, 1.807) is 0 Å². The molecular weight excluding hydrogens is 238 g/mol. The van der Waals surface area contributed by atoms with Crippen molar-refractivity contribution in [1.82, 2.24) is 9.36 Å². The maximum absolute atomic E-state index is 5.43. The highest BCUT2D eigenvalue weighted by Gasteiger charge is 2.06. The molecular formula is C11H13N3S2. The summed E-state index contributed by atoms with van der Waals surface area (Å²) in [6.07, 6.45) is 0. The van der Waals surface area contributed by atoms with E-state index in [1.807, 2.05) is 0 Å². The molecule has 1 aromatic carbocycles. The van der Waals surface area contributed by atoms with Crippen molar-refractivity contribution in [3.63, 3.8) is 0 Å². The van der Waals surface area contributed by atoms with Crippen LogP contribution in [0.4, 0.5) is 0 Å². The third-order valence-corrected chi connectivity index (χ3v) is 3.66. The Labute approximate surface area is 103 Å². The second-order valence-electron chi connectivity index (χ2n) is 3.78. The van der Waals surface area contributed by atoms with Crippen LogP contribution in [0.25, 0.3) is 11.4 Å². The van der Waals surface area contributed by atoms with Crippen molar-refractivity contribution < 1.29 is 0 Å². The normalized spacial score (nSPS) is 11.0. The predicted octanol–water partition coefficient (Wildman–Crippen LogP) is 3.29. The third-order valence-electron chi connectivity index (χ3n) is 2.34. The van der Waals surface area contributed by atoms with Gasteiger partial charge in [0.1, 0.15) is 0 Å². The zero-order valence-electron chi connectivity index (χ0n) is 9.18. The van der Waals surface area contributed by atoms with Crippen LogP contribution in [0.15, 0.2) is 28.6 Å². The van der Waals surface area contributed by atoms with Crippen LogP contribution in [-0.4, -0.2) is 9.36 Å². The highest BCUT2D eigenvalue weighted by molar-refractivity contribution is 7.98. The second kappa shape index (κ2) is 4.95. The quantitative estimate of drug-likeness (QED) is 0.850. The summed E-state index contributed by atoms with van der Waals surface area (Å²) in [5.41, 5.74) is 2.37. The number of hydrogen-bond acceptors (Lipinski definition) is 5.